The second kappa shape index (κ2) is 6.64. The van der Waals surface area contributed by atoms with E-state index >= 15 is 0 Å². The number of methoxy groups -OCH3 is 1. The minimum Gasteiger partial charge on any atom is -0.497 e. The van der Waals surface area contributed by atoms with Crippen LogP contribution >= 0.6 is 0 Å². The molecule has 0 aliphatic carbocycles. The summed E-state index contributed by atoms with van der Waals surface area (Å²) in [5, 5.41) is 9.45. The van der Waals surface area contributed by atoms with Gasteiger partial charge in [-0.2, -0.15) is 5.26 Å². The molecule has 0 aliphatic rings. The van der Waals surface area contributed by atoms with Crippen LogP contribution in [-0.4, -0.2) is 27.5 Å². The van der Waals surface area contributed by atoms with E-state index < -0.39 is 0 Å². The summed E-state index contributed by atoms with van der Waals surface area (Å²) in [5.41, 5.74) is 1.33. The lowest BCUT2D eigenvalue weighted by Gasteiger charge is -2.18. The first-order valence-electron chi connectivity index (χ1n) is 6.62. The molecular formula is C17H16N2O3. The summed E-state index contributed by atoms with van der Waals surface area (Å²) in [6.07, 6.45) is 0.676. The Morgan fingerprint density at radius 2 is 1.91 bits per heavy atom. The lowest BCUT2D eigenvalue weighted by molar-refractivity contribution is 0.112. The monoisotopic (exact) mass is 296 g/mol. The van der Waals surface area contributed by atoms with Crippen molar-refractivity contribution in [2.45, 2.75) is 0 Å². The Kier molecular flexibility index (Phi) is 4.64. The zero-order valence-electron chi connectivity index (χ0n) is 12.7. The van der Waals surface area contributed by atoms with E-state index in [0.29, 0.717) is 34.6 Å². The van der Waals surface area contributed by atoms with Crippen LogP contribution in [0.5, 0.6) is 17.2 Å². The van der Waals surface area contributed by atoms with Gasteiger partial charge in [0.25, 0.3) is 0 Å². The Labute approximate surface area is 129 Å². The minimum atomic E-state index is 0.247. The predicted octanol–water partition coefficient (Wildman–Crippen LogP) is 3.24. The minimum absolute atomic E-state index is 0.247. The Balaban J connectivity index is 2.55. The van der Waals surface area contributed by atoms with Gasteiger partial charge < -0.3 is 14.4 Å². The van der Waals surface area contributed by atoms with Crippen LogP contribution < -0.4 is 14.4 Å². The standard InChI is InChI=1S/C17H16N2O3/c1-19(2)16-8-7-12(11-20)17(15(16)10-18)22-14-6-4-5-13(9-14)21-3/h4-9,11H,1-3H3. The molecule has 0 saturated heterocycles. The van der Waals surface area contributed by atoms with Crippen LogP contribution in [0.3, 0.4) is 0 Å². The van der Waals surface area contributed by atoms with Gasteiger partial charge in [-0.15, -0.1) is 0 Å². The van der Waals surface area contributed by atoms with E-state index in [1.165, 1.54) is 0 Å². The van der Waals surface area contributed by atoms with Gasteiger partial charge in [0.1, 0.15) is 23.1 Å². The Morgan fingerprint density at radius 1 is 1.18 bits per heavy atom. The van der Waals surface area contributed by atoms with Crippen LogP contribution in [0.1, 0.15) is 15.9 Å². The first kappa shape index (κ1) is 15.4. The molecule has 0 fully saturated rings. The van der Waals surface area contributed by atoms with Crippen LogP contribution in [-0.2, 0) is 0 Å². The number of nitrogens with zero attached hydrogens (tertiary/aromatic N) is 2. The van der Waals surface area contributed by atoms with Crippen molar-refractivity contribution in [1.29, 1.82) is 5.26 Å². The smallest absolute Gasteiger partial charge is 0.157 e. The van der Waals surface area contributed by atoms with Gasteiger partial charge in [0, 0.05) is 20.2 Å². The number of hydrogen-bond acceptors (Lipinski definition) is 5. The van der Waals surface area contributed by atoms with Gasteiger partial charge in [0.05, 0.1) is 18.4 Å². The Morgan fingerprint density at radius 3 is 2.50 bits per heavy atom. The normalized spacial score (nSPS) is 9.73. The second-order valence-corrected chi connectivity index (χ2v) is 4.78. The third-order valence-electron chi connectivity index (χ3n) is 3.15. The Hall–Kier alpha value is -3.00. The van der Waals surface area contributed by atoms with Crippen molar-refractivity contribution >= 4 is 12.0 Å². The molecule has 22 heavy (non-hydrogen) atoms. The van der Waals surface area contributed by atoms with E-state index in [2.05, 4.69) is 6.07 Å². The van der Waals surface area contributed by atoms with Gasteiger partial charge in [0.2, 0.25) is 0 Å². The summed E-state index contributed by atoms with van der Waals surface area (Å²) in [4.78, 5) is 13.1. The van der Waals surface area contributed by atoms with Crippen molar-refractivity contribution in [1.82, 2.24) is 0 Å². The molecule has 112 valence electrons. The molecule has 2 aromatic carbocycles. The lowest BCUT2D eigenvalue weighted by atomic mass is 10.1. The molecule has 0 bridgehead atoms. The van der Waals surface area contributed by atoms with Crippen LogP contribution in [0.25, 0.3) is 0 Å². The molecule has 0 N–H and O–H groups in total. The topological polar surface area (TPSA) is 62.6 Å². The van der Waals surface area contributed by atoms with Gasteiger partial charge in [-0.1, -0.05) is 6.07 Å². The molecule has 0 heterocycles. The fraction of sp³-hybridized carbons (Fsp3) is 0.176. The maximum Gasteiger partial charge on any atom is 0.157 e. The molecule has 0 unspecified atom stereocenters. The zero-order valence-corrected chi connectivity index (χ0v) is 12.7. The van der Waals surface area contributed by atoms with Crippen molar-refractivity contribution in [2.75, 3.05) is 26.1 Å². The molecule has 5 heteroatoms. The van der Waals surface area contributed by atoms with E-state index in [-0.39, 0.29) is 5.75 Å². The molecule has 0 aliphatic heterocycles. The largest absolute Gasteiger partial charge is 0.497 e. The number of carbonyl (C=O) groups is 1. The molecule has 2 rings (SSSR count). The molecule has 0 radical (unpaired) electrons. The molecule has 0 atom stereocenters. The summed E-state index contributed by atoms with van der Waals surface area (Å²) in [6.45, 7) is 0. The number of benzene rings is 2. The highest BCUT2D eigenvalue weighted by atomic mass is 16.5. The summed E-state index contributed by atoms with van der Waals surface area (Å²) in [6, 6.07) is 12.5. The van der Waals surface area contributed by atoms with E-state index in [4.69, 9.17) is 9.47 Å². The highest BCUT2D eigenvalue weighted by Crippen LogP contribution is 2.35. The number of rotatable bonds is 5. The first-order valence-corrected chi connectivity index (χ1v) is 6.62. The average Bonchev–Trinajstić information content (AvgIpc) is 2.54. The molecule has 5 nitrogen and oxygen atoms in total. The predicted molar refractivity (Wildman–Crippen MR) is 83.9 cm³/mol. The molecule has 0 amide bonds. The molecular weight excluding hydrogens is 280 g/mol. The van der Waals surface area contributed by atoms with E-state index in [1.54, 1.807) is 48.4 Å². The van der Waals surface area contributed by atoms with E-state index in [9.17, 15) is 10.1 Å². The number of anilines is 1. The molecule has 0 spiro atoms. The van der Waals surface area contributed by atoms with Gasteiger partial charge in [-0.3, -0.25) is 4.79 Å². The highest BCUT2D eigenvalue weighted by molar-refractivity contribution is 5.84. The Bertz CT molecular complexity index is 733. The number of nitriles is 1. The fourth-order valence-corrected chi connectivity index (χ4v) is 2.05. The summed E-state index contributed by atoms with van der Waals surface area (Å²) in [7, 11) is 5.21. The summed E-state index contributed by atoms with van der Waals surface area (Å²) < 4.78 is 10.9. The molecule has 0 saturated carbocycles. The lowest BCUT2D eigenvalue weighted by Crippen LogP contribution is -2.11. The average molecular weight is 296 g/mol. The van der Waals surface area contributed by atoms with Crippen LogP contribution in [0.2, 0.25) is 0 Å². The number of carbonyl (C=O) groups excluding carboxylic acids is 1. The van der Waals surface area contributed by atoms with Crippen molar-refractivity contribution < 1.29 is 14.3 Å². The van der Waals surface area contributed by atoms with Crippen LogP contribution in [0.15, 0.2) is 36.4 Å². The number of hydrogen-bond donors (Lipinski definition) is 0. The zero-order chi connectivity index (χ0) is 16.1. The number of ether oxygens (including phenoxy) is 2. The van der Waals surface area contributed by atoms with Crippen LogP contribution in [0.4, 0.5) is 5.69 Å². The van der Waals surface area contributed by atoms with Crippen molar-refractivity contribution in [3.05, 3.63) is 47.5 Å². The highest BCUT2D eigenvalue weighted by Gasteiger charge is 2.17. The maximum absolute atomic E-state index is 11.3. The quantitative estimate of drug-likeness (QED) is 0.793. The number of aldehydes is 1. The molecule has 2 aromatic rings. The first-order chi connectivity index (χ1) is 10.6. The second-order valence-electron chi connectivity index (χ2n) is 4.78. The fourth-order valence-electron chi connectivity index (χ4n) is 2.05. The summed E-state index contributed by atoms with van der Waals surface area (Å²) >= 11 is 0. The van der Waals surface area contributed by atoms with Crippen molar-refractivity contribution in [3.8, 4) is 23.3 Å². The van der Waals surface area contributed by atoms with Gasteiger partial charge in [-0.25, -0.2) is 0 Å². The summed E-state index contributed by atoms with van der Waals surface area (Å²) in [5.74, 6) is 1.37. The van der Waals surface area contributed by atoms with Gasteiger partial charge >= 0.3 is 0 Å². The van der Waals surface area contributed by atoms with Gasteiger partial charge in [0.15, 0.2) is 12.0 Å². The molecule has 0 aromatic heterocycles. The van der Waals surface area contributed by atoms with Crippen molar-refractivity contribution in [3.63, 3.8) is 0 Å². The SMILES string of the molecule is COc1cccc(Oc2c(C=O)ccc(N(C)C)c2C#N)c1. The third kappa shape index (κ3) is 3.01. The van der Waals surface area contributed by atoms with Crippen molar-refractivity contribution in [2.24, 2.45) is 0 Å². The third-order valence-corrected chi connectivity index (χ3v) is 3.15. The van der Waals surface area contributed by atoms with Gasteiger partial charge in [-0.05, 0) is 24.3 Å². The van der Waals surface area contributed by atoms with E-state index in [0.717, 1.165) is 0 Å². The van der Waals surface area contributed by atoms with E-state index in [1.807, 2.05) is 14.1 Å². The van der Waals surface area contributed by atoms with Crippen LogP contribution in [0, 0.1) is 11.3 Å². The maximum atomic E-state index is 11.3.